The van der Waals surface area contributed by atoms with Gasteiger partial charge in [0.05, 0.1) is 20.8 Å². The Kier molecular flexibility index (Phi) is 3.71. The maximum atomic E-state index is 13.9. The topological polar surface area (TPSA) is 30.5 Å². The molecule has 5 heteroatoms. The second-order valence-corrected chi connectivity index (χ2v) is 4.43. The molecule has 0 radical (unpaired) electrons. The normalized spacial score (nSPS) is 15.6. The average Bonchev–Trinajstić information content (AvgIpc) is 3.19. The van der Waals surface area contributed by atoms with E-state index in [-0.39, 0.29) is 18.2 Å². The van der Waals surface area contributed by atoms with E-state index in [0.717, 1.165) is 12.8 Å². The predicted octanol–water partition coefficient (Wildman–Crippen LogP) is 2.55. The number of hydrogen-bond donors (Lipinski definition) is 1. The SMILES string of the molecule is COc1ccc(C(F)(F)CNC2CC2)cc1OC. The Morgan fingerprint density at radius 2 is 1.89 bits per heavy atom. The van der Waals surface area contributed by atoms with Crippen molar-refractivity contribution in [1.82, 2.24) is 5.32 Å². The lowest BCUT2D eigenvalue weighted by atomic mass is 10.1. The lowest BCUT2D eigenvalue weighted by Gasteiger charge is -2.19. The van der Waals surface area contributed by atoms with Crippen LogP contribution in [0, 0.1) is 0 Å². The van der Waals surface area contributed by atoms with Crippen molar-refractivity contribution < 1.29 is 18.3 Å². The van der Waals surface area contributed by atoms with Crippen molar-refractivity contribution in [2.75, 3.05) is 20.8 Å². The predicted molar refractivity (Wildman–Crippen MR) is 64.5 cm³/mol. The van der Waals surface area contributed by atoms with Crippen LogP contribution in [-0.4, -0.2) is 26.8 Å². The van der Waals surface area contributed by atoms with Crippen LogP contribution < -0.4 is 14.8 Å². The van der Waals surface area contributed by atoms with Crippen LogP contribution >= 0.6 is 0 Å². The van der Waals surface area contributed by atoms with Gasteiger partial charge in [-0.05, 0) is 31.0 Å². The molecule has 0 aromatic heterocycles. The minimum atomic E-state index is -2.90. The molecule has 2 rings (SSSR count). The molecule has 0 amide bonds. The Labute approximate surface area is 105 Å². The average molecular weight is 257 g/mol. The van der Waals surface area contributed by atoms with Gasteiger partial charge in [0.15, 0.2) is 11.5 Å². The first-order chi connectivity index (χ1) is 8.56. The minimum absolute atomic E-state index is 0.0618. The standard InChI is InChI=1S/C13H17F2NO2/c1-17-11-6-3-9(7-12(11)18-2)13(14,15)8-16-10-4-5-10/h3,6-7,10,16H,4-5,8H2,1-2H3. The van der Waals surface area contributed by atoms with E-state index in [4.69, 9.17) is 9.47 Å². The summed E-state index contributed by atoms with van der Waals surface area (Å²) >= 11 is 0. The summed E-state index contributed by atoms with van der Waals surface area (Å²) in [6.07, 6.45) is 1.98. The van der Waals surface area contributed by atoms with Gasteiger partial charge in [0.1, 0.15) is 0 Å². The highest BCUT2D eigenvalue weighted by Gasteiger charge is 2.34. The Balaban J connectivity index is 2.14. The number of halogens is 2. The summed E-state index contributed by atoms with van der Waals surface area (Å²) in [7, 11) is 2.91. The van der Waals surface area contributed by atoms with Gasteiger partial charge >= 0.3 is 0 Å². The summed E-state index contributed by atoms with van der Waals surface area (Å²) in [5.74, 6) is -2.13. The Bertz CT molecular complexity index is 419. The van der Waals surface area contributed by atoms with Gasteiger partial charge in [0, 0.05) is 11.6 Å². The maximum Gasteiger partial charge on any atom is 0.285 e. The lowest BCUT2D eigenvalue weighted by molar-refractivity contribution is -0.00371. The zero-order valence-electron chi connectivity index (χ0n) is 10.5. The van der Waals surface area contributed by atoms with Gasteiger partial charge in [-0.25, -0.2) is 0 Å². The Morgan fingerprint density at radius 1 is 1.22 bits per heavy atom. The fourth-order valence-corrected chi connectivity index (χ4v) is 1.73. The third-order valence-corrected chi connectivity index (χ3v) is 3.00. The van der Waals surface area contributed by atoms with Crippen molar-refractivity contribution in [3.8, 4) is 11.5 Å². The van der Waals surface area contributed by atoms with Crippen LogP contribution in [0.3, 0.4) is 0 Å². The zero-order valence-corrected chi connectivity index (χ0v) is 10.5. The first-order valence-corrected chi connectivity index (χ1v) is 5.90. The molecule has 1 aromatic rings. The number of benzene rings is 1. The molecule has 0 bridgehead atoms. The van der Waals surface area contributed by atoms with Crippen molar-refractivity contribution in [1.29, 1.82) is 0 Å². The van der Waals surface area contributed by atoms with Crippen molar-refractivity contribution in [3.05, 3.63) is 23.8 Å². The molecule has 1 fully saturated rings. The van der Waals surface area contributed by atoms with E-state index in [2.05, 4.69) is 5.32 Å². The maximum absolute atomic E-state index is 13.9. The fraction of sp³-hybridized carbons (Fsp3) is 0.538. The molecule has 1 aromatic carbocycles. The molecule has 0 saturated heterocycles. The fourth-order valence-electron chi connectivity index (χ4n) is 1.73. The van der Waals surface area contributed by atoms with Crippen LogP contribution in [0.25, 0.3) is 0 Å². The highest BCUT2D eigenvalue weighted by Crippen LogP contribution is 2.35. The van der Waals surface area contributed by atoms with Crippen LogP contribution in [0.5, 0.6) is 11.5 Å². The van der Waals surface area contributed by atoms with E-state index in [0.29, 0.717) is 11.5 Å². The molecule has 0 aliphatic heterocycles. The number of rotatable bonds is 6. The quantitative estimate of drug-likeness (QED) is 0.849. The monoisotopic (exact) mass is 257 g/mol. The van der Waals surface area contributed by atoms with E-state index in [1.807, 2.05) is 0 Å². The largest absolute Gasteiger partial charge is 0.493 e. The van der Waals surface area contributed by atoms with Crippen molar-refractivity contribution in [2.24, 2.45) is 0 Å². The van der Waals surface area contributed by atoms with Crippen LogP contribution in [0.1, 0.15) is 18.4 Å². The van der Waals surface area contributed by atoms with Gasteiger partial charge in [0.25, 0.3) is 5.92 Å². The summed E-state index contributed by atoms with van der Waals surface area (Å²) in [6.45, 7) is -0.340. The Hall–Kier alpha value is -1.36. The molecule has 1 N–H and O–H groups in total. The van der Waals surface area contributed by atoms with E-state index in [1.165, 1.54) is 32.4 Å². The molecular weight excluding hydrogens is 240 g/mol. The van der Waals surface area contributed by atoms with Crippen molar-refractivity contribution in [3.63, 3.8) is 0 Å². The highest BCUT2D eigenvalue weighted by molar-refractivity contribution is 5.44. The minimum Gasteiger partial charge on any atom is -0.493 e. The van der Waals surface area contributed by atoms with Crippen LogP contribution in [0.4, 0.5) is 8.78 Å². The molecule has 1 aliphatic rings. The van der Waals surface area contributed by atoms with Gasteiger partial charge in [-0.2, -0.15) is 8.78 Å². The molecule has 1 saturated carbocycles. The highest BCUT2D eigenvalue weighted by atomic mass is 19.3. The summed E-state index contributed by atoms with van der Waals surface area (Å²) in [6, 6.07) is 4.46. The number of hydrogen-bond acceptors (Lipinski definition) is 3. The summed E-state index contributed by atoms with van der Waals surface area (Å²) < 4.78 is 37.9. The zero-order chi connectivity index (χ0) is 13.2. The van der Waals surface area contributed by atoms with E-state index in [9.17, 15) is 8.78 Å². The molecule has 18 heavy (non-hydrogen) atoms. The van der Waals surface area contributed by atoms with Crippen LogP contribution in [0.2, 0.25) is 0 Å². The van der Waals surface area contributed by atoms with Crippen LogP contribution in [-0.2, 0) is 5.92 Å². The summed E-state index contributed by atoms with van der Waals surface area (Å²) in [5, 5.41) is 2.84. The number of ether oxygens (including phenoxy) is 2. The molecule has 0 heterocycles. The van der Waals surface area contributed by atoms with E-state index in [1.54, 1.807) is 0 Å². The molecule has 100 valence electrons. The van der Waals surface area contributed by atoms with Crippen molar-refractivity contribution in [2.45, 2.75) is 24.8 Å². The number of alkyl halides is 2. The first-order valence-electron chi connectivity index (χ1n) is 5.90. The molecular formula is C13H17F2NO2. The third-order valence-electron chi connectivity index (χ3n) is 3.00. The molecule has 0 unspecified atom stereocenters. The molecule has 3 nitrogen and oxygen atoms in total. The lowest BCUT2D eigenvalue weighted by Crippen LogP contribution is -2.32. The van der Waals surface area contributed by atoms with Crippen molar-refractivity contribution >= 4 is 0 Å². The molecule has 0 atom stereocenters. The second-order valence-electron chi connectivity index (χ2n) is 4.43. The number of nitrogens with one attached hydrogen (secondary N) is 1. The van der Waals surface area contributed by atoms with Gasteiger partial charge in [-0.15, -0.1) is 0 Å². The van der Waals surface area contributed by atoms with E-state index >= 15 is 0 Å². The van der Waals surface area contributed by atoms with Gasteiger partial charge in [0.2, 0.25) is 0 Å². The Morgan fingerprint density at radius 3 is 2.44 bits per heavy atom. The number of methoxy groups -OCH3 is 2. The summed E-state index contributed by atoms with van der Waals surface area (Å²) in [4.78, 5) is 0. The molecule has 1 aliphatic carbocycles. The van der Waals surface area contributed by atoms with Gasteiger partial charge in [-0.3, -0.25) is 0 Å². The first kappa shape index (κ1) is 13.1. The smallest absolute Gasteiger partial charge is 0.285 e. The third kappa shape index (κ3) is 2.90. The second kappa shape index (κ2) is 5.10. The summed E-state index contributed by atoms with van der Waals surface area (Å²) in [5.41, 5.74) is -0.0618. The van der Waals surface area contributed by atoms with Gasteiger partial charge in [-0.1, -0.05) is 0 Å². The molecule has 0 spiro atoms. The van der Waals surface area contributed by atoms with Crippen LogP contribution in [0.15, 0.2) is 18.2 Å². The van der Waals surface area contributed by atoms with E-state index < -0.39 is 5.92 Å². The van der Waals surface area contributed by atoms with Gasteiger partial charge < -0.3 is 14.8 Å².